The average Bonchev–Trinajstić information content (AvgIpc) is 3.19. The van der Waals surface area contributed by atoms with Gasteiger partial charge in [-0.2, -0.15) is 4.31 Å². The summed E-state index contributed by atoms with van der Waals surface area (Å²) < 4.78 is 26.3. The summed E-state index contributed by atoms with van der Waals surface area (Å²) in [5, 5.41) is 21.0. The Morgan fingerprint density at radius 3 is 2.52 bits per heavy atom. The number of aryl methyl sites for hydroxylation is 1. The van der Waals surface area contributed by atoms with Crippen molar-refractivity contribution in [2.45, 2.75) is 30.3 Å². The molecular formula is C13H16N2O5S. The number of nitro groups is 1. The van der Waals surface area contributed by atoms with E-state index in [-0.39, 0.29) is 29.6 Å². The minimum absolute atomic E-state index is 0.0606. The lowest BCUT2D eigenvalue weighted by Crippen LogP contribution is -2.64. The number of hydrogen-bond donors (Lipinski definition) is 1. The van der Waals surface area contributed by atoms with E-state index in [1.165, 1.54) is 16.4 Å². The average molecular weight is 312 g/mol. The molecule has 0 aromatic heterocycles. The molecule has 2 aliphatic rings. The molecule has 1 aromatic carbocycles. The number of rotatable bonds is 4. The molecule has 1 N–H and O–H groups in total. The molecule has 8 heteroatoms. The Morgan fingerprint density at radius 1 is 1.38 bits per heavy atom. The molecule has 0 bridgehead atoms. The van der Waals surface area contributed by atoms with E-state index in [4.69, 9.17) is 0 Å². The third-order valence-electron chi connectivity index (χ3n) is 4.24. The zero-order valence-corrected chi connectivity index (χ0v) is 12.3. The van der Waals surface area contributed by atoms with Gasteiger partial charge in [0.25, 0.3) is 5.69 Å². The van der Waals surface area contributed by atoms with Gasteiger partial charge >= 0.3 is 0 Å². The highest BCUT2D eigenvalue weighted by molar-refractivity contribution is 7.89. The van der Waals surface area contributed by atoms with Crippen LogP contribution < -0.4 is 0 Å². The van der Waals surface area contributed by atoms with E-state index >= 15 is 0 Å². The fraction of sp³-hybridized carbons (Fsp3) is 0.538. The maximum absolute atomic E-state index is 12.5. The molecule has 1 aliphatic carbocycles. The normalized spacial score (nSPS) is 21.8. The quantitative estimate of drug-likeness (QED) is 0.661. The molecule has 3 rings (SSSR count). The number of β-amino-alcohol motifs (C(OH)–C–C–N with tert-alkyl or cyclic N) is 1. The van der Waals surface area contributed by atoms with E-state index in [1.54, 1.807) is 6.92 Å². The summed E-state index contributed by atoms with van der Waals surface area (Å²) in [5.41, 5.74) is -0.707. The first-order valence-corrected chi connectivity index (χ1v) is 8.16. The molecule has 0 amide bonds. The highest BCUT2D eigenvalue weighted by atomic mass is 32.2. The van der Waals surface area contributed by atoms with Crippen molar-refractivity contribution in [2.24, 2.45) is 5.92 Å². The Kier molecular flexibility index (Phi) is 3.09. The summed E-state index contributed by atoms with van der Waals surface area (Å²) in [6.07, 6.45) is 1.86. The maximum atomic E-state index is 12.5. The highest BCUT2D eigenvalue weighted by Crippen LogP contribution is 2.46. The zero-order valence-electron chi connectivity index (χ0n) is 11.5. The first-order chi connectivity index (χ1) is 9.74. The van der Waals surface area contributed by atoms with Crippen molar-refractivity contribution in [3.63, 3.8) is 0 Å². The molecule has 1 heterocycles. The molecule has 114 valence electrons. The Bertz CT molecular complexity index is 705. The SMILES string of the molecule is Cc1ccc([N+](=O)[O-])cc1S(=O)(=O)N1CC(O)(C2CC2)C1. The summed E-state index contributed by atoms with van der Waals surface area (Å²) in [6.45, 7) is 1.74. The molecule has 0 spiro atoms. The van der Waals surface area contributed by atoms with Crippen LogP contribution in [0, 0.1) is 23.0 Å². The largest absolute Gasteiger partial charge is 0.387 e. The minimum Gasteiger partial charge on any atom is -0.387 e. The molecular weight excluding hydrogens is 296 g/mol. The lowest BCUT2D eigenvalue weighted by atomic mass is 9.91. The van der Waals surface area contributed by atoms with Crippen LogP contribution in [0.3, 0.4) is 0 Å². The van der Waals surface area contributed by atoms with Crippen LogP contribution in [0.5, 0.6) is 0 Å². The Morgan fingerprint density at radius 2 is 2.00 bits per heavy atom. The van der Waals surface area contributed by atoms with Gasteiger partial charge in [0.05, 0.1) is 15.4 Å². The number of non-ortho nitro benzene ring substituents is 1. The summed E-state index contributed by atoms with van der Waals surface area (Å²) in [4.78, 5) is 10.1. The van der Waals surface area contributed by atoms with Crippen LogP contribution in [0.25, 0.3) is 0 Å². The van der Waals surface area contributed by atoms with E-state index in [0.29, 0.717) is 5.56 Å². The number of hydrogen-bond acceptors (Lipinski definition) is 5. The van der Waals surface area contributed by atoms with Crippen molar-refractivity contribution in [1.29, 1.82) is 0 Å². The number of aliphatic hydroxyl groups is 1. The smallest absolute Gasteiger partial charge is 0.270 e. The Balaban J connectivity index is 1.89. The van der Waals surface area contributed by atoms with Gasteiger partial charge in [0.1, 0.15) is 0 Å². The van der Waals surface area contributed by atoms with Gasteiger partial charge in [-0.3, -0.25) is 10.1 Å². The van der Waals surface area contributed by atoms with Crippen LogP contribution in [-0.4, -0.2) is 41.4 Å². The van der Waals surface area contributed by atoms with E-state index in [0.717, 1.165) is 18.9 Å². The van der Waals surface area contributed by atoms with E-state index in [9.17, 15) is 23.6 Å². The zero-order chi connectivity index (χ0) is 15.4. The van der Waals surface area contributed by atoms with E-state index in [1.807, 2.05) is 0 Å². The van der Waals surface area contributed by atoms with Crippen LogP contribution in [0.4, 0.5) is 5.69 Å². The van der Waals surface area contributed by atoms with Gasteiger partial charge in [0.2, 0.25) is 10.0 Å². The number of nitrogens with zero attached hydrogens (tertiary/aromatic N) is 2. The van der Waals surface area contributed by atoms with Crippen molar-refractivity contribution >= 4 is 15.7 Å². The molecule has 1 saturated heterocycles. The molecule has 1 saturated carbocycles. The van der Waals surface area contributed by atoms with Crippen molar-refractivity contribution in [1.82, 2.24) is 4.31 Å². The standard InChI is InChI=1S/C13H16N2O5S/c1-9-2-5-11(15(17)18)6-12(9)21(19,20)14-7-13(16,8-14)10-3-4-10/h2,5-6,10,16H,3-4,7-8H2,1H3. The van der Waals surface area contributed by atoms with Gasteiger partial charge in [-0.05, 0) is 31.2 Å². The lowest BCUT2D eigenvalue weighted by molar-refractivity contribution is -0.385. The number of benzene rings is 1. The fourth-order valence-corrected chi connectivity index (χ4v) is 4.54. The molecule has 2 fully saturated rings. The second kappa shape index (κ2) is 4.49. The van der Waals surface area contributed by atoms with Crippen molar-refractivity contribution in [2.75, 3.05) is 13.1 Å². The van der Waals surface area contributed by atoms with E-state index < -0.39 is 20.5 Å². The third-order valence-corrected chi connectivity index (χ3v) is 6.17. The van der Waals surface area contributed by atoms with Crippen molar-refractivity contribution in [3.8, 4) is 0 Å². The topological polar surface area (TPSA) is 101 Å². The molecule has 0 radical (unpaired) electrons. The summed E-state index contributed by atoms with van der Waals surface area (Å²) in [7, 11) is -3.80. The van der Waals surface area contributed by atoms with Gasteiger partial charge in [-0.15, -0.1) is 0 Å². The molecule has 0 unspecified atom stereocenters. The van der Waals surface area contributed by atoms with Gasteiger partial charge < -0.3 is 5.11 Å². The van der Waals surface area contributed by atoms with Crippen LogP contribution >= 0.6 is 0 Å². The van der Waals surface area contributed by atoms with Crippen LogP contribution in [0.1, 0.15) is 18.4 Å². The summed E-state index contributed by atoms with van der Waals surface area (Å²) >= 11 is 0. The monoisotopic (exact) mass is 312 g/mol. The first-order valence-electron chi connectivity index (χ1n) is 6.72. The highest BCUT2D eigenvalue weighted by Gasteiger charge is 2.55. The number of sulfonamides is 1. The minimum atomic E-state index is -3.80. The fourth-order valence-electron chi connectivity index (χ4n) is 2.73. The van der Waals surface area contributed by atoms with Crippen molar-refractivity contribution < 1.29 is 18.4 Å². The summed E-state index contributed by atoms with van der Waals surface area (Å²) in [6, 6.07) is 3.79. The van der Waals surface area contributed by atoms with Gasteiger partial charge in [-0.25, -0.2) is 8.42 Å². The Labute approximate surface area is 122 Å². The summed E-state index contributed by atoms with van der Waals surface area (Å²) in [5.74, 6) is 0.190. The van der Waals surface area contributed by atoms with E-state index in [2.05, 4.69) is 0 Å². The molecule has 1 aliphatic heterocycles. The second-order valence-electron chi connectivity index (χ2n) is 5.86. The van der Waals surface area contributed by atoms with Crippen molar-refractivity contribution in [3.05, 3.63) is 33.9 Å². The van der Waals surface area contributed by atoms with Crippen LogP contribution in [-0.2, 0) is 10.0 Å². The number of nitro benzene ring substituents is 1. The van der Waals surface area contributed by atoms with Gasteiger partial charge in [0.15, 0.2) is 0 Å². The van der Waals surface area contributed by atoms with Crippen LogP contribution in [0.15, 0.2) is 23.1 Å². The Hall–Kier alpha value is -1.51. The van der Waals surface area contributed by atoms with Gasteiger partial charge in [-0.1, -0.05) is 6.07 Å². The maximum Gasteiger partial charge on any atom is 0.270 e. The van der Waals surface area contributed by atoms with Crippen LogP contribution in [0.2, 0.25) is 0 Å². The predicted octanol–water partition coefficient (Wildman–Crippen LogP) is 1.05. The second-order valence-corrected chi connectivity index (χ2v) is 7.76. The third kappa shape index (κ3) is 2.33. The molecule has 1 aromatic rings. The lowest BCUT2D eigenvalue weighted by Gasteiger charge is -2.45. The predicted molar refractivity (Wildman–Crippen MR) is 74.3 cm³/mol. The molecule has 0 atom stereocenters. The van der Waals surface area contributed by atoms with Gasteiger partial charge in [0, 0.05) is 25.2 Å². The molecule has 21 heavy (non-hydrogen) atoms. The molecule has 7 nitrogen and oxygen atoms in total. The first kappa shape index (κ1) is 14.4.